The Labute approximate surface area is 247 Å². The average molecular weight is 609 g/mol. The number of amides is 1. The number of para-hydroxylation sites is 1. The zero-order valence-corrected chi connectivity index (χ0v) is 23.7. The van der Waals surface area contributed by atoms with Gasteiger partial charge in [0.2, 0.25) is 5.91 Å². The van der Waals surface area contributed by atoms with Gasteiger partial charge in [-0.15, -0.1) is 0 Å². The fourth-order valence-corrected chi connectivity index (χ4v) is 6.76. The van der Waals surface area contributed by atoms with E-state index < -0.39 is 33.8 Å². The van der Waals surface area contributed by atoms with Crippen molar-refractivity contribution in [3.8, 4) is 16.9 Å². The molecule has 8 nitrogen and oxygen atoms in total. The lowest BCUT2D eigenvalue weighted by molar-refractivity contribution is -0.136. The van der Waals surface area contributed by atoms with Gasteiger partial charge >= 0.3 is 5.97 Å². The third kappa shape index (κ3) is 6.24. The number of fused-ring (bicyclic) bond motifs is 1. The van der Waals surface area contributed by atoms with Crippen molar-refractivity contribution in [3.63, 3.8) is 0 Å². The molecule has 0 saturated carbocycles. The van der Waals surface area contributed by atoms with Crippen molar-refractivity contribution in [2.45, 2.75) is 23.8 Å². The second-order valence-electron chi connectivity index (χ2n) is 9.65. The van der Waals surface area contributed by atoms with E-state index in [0.29, 0.717) is 28.1 Å². The largest absolute Gasteiger partial charge is 0.492 e. The van der Waals surface area contributed by atoms with Crippen LogP contribution in [0.2, 0.25) is 5.02 Å². The second kappa shape index (κ2) is 12.2. The molecule has 11 heteroatoms. The molecule has 42 heavy (non-hydrogen) atoms. The standard InChI is InChI=1S/C31H26ClFN2O6S/c32-27-19-23(33)9-14-26(27)21-7-12-25(13-8-21)42(39,40)35-28-4-2-1-3-22(28)18-29(35)31(38)34-15-16-41-24-10-5-20(6-11-24)17-30(36)37/h1-14,19,29H,15-18H2,(H,34,38)(H,36,37)/t29-/m0/s1. The highest BCUT2D eigenvalue weighted by Crippen LogP contribution is 2.37. The number of carboxylic acid groups (broad SMARTS) is 1. The molecule has 0 bridgehead atoms. The summed E-state index contributed by atoms with van der Waals surface area (Å²) in [5, 5.41) is 11.9. The fourth-order valence-electron chi connectivity index (χ4n) is 4.84. The molecule has 1 atom stereocenters. The van der Waals surface area contributed by atoms with Gasteiger partial charge in [-0.2, -0.15) is 0 Å². The molecule has 0 aliphatic carbocycles. The predicted molar refractivity (Wildman–Crippen MR) is 157 cm³/mol. The highest BCUT2D eigenvalue weighted by Gasteiger charge is 2.42. The number of sulfonamides is 1. The molecule has 5 rings (SSSR count). The maximum absolute atomic E-state index is 13.9. The Balaban J connectivity index is 1.29. The van der Waals surface area contributed by atoms with Crippen LogP contribution in [0.1, 0.15) is 11.1 Å². The van der Waals surface area contributed by atoms with Crippen LogP contribution in [-0.2, 0) is 32.5 Å². The molecular formula is C31H26ClFN2O6S. The van der Waals surface area contributed by atoms with Crippen molar-refractivity contribution >= 4 is 39.2 Å². The van der Waals surface area contributed by atoms with Gasteiger partial charge < -0.3 is 15.2 Å². The average Bonchev–Trinajstić information content (AvgIpc) is 3.37. The van der Waals surface area contributed by atoms with Crippen molar-refractivity contribution in [2.24, 2.45) is 0 Å². The first kappa shape index (κ1) is 29.1. The summed E-state index contributed by atoms with van der Waals surface area (Å²) >= 11 is 6.18. The number of ether oxygens (including phenoxy) is 1. The number of carbonyl (C=O) groups excluding carboxylic acids is 1. The molecule has 1 heterocycles. The third-order valence-electron chi connectivity index (χ3n) is 6.83. The number of hydrogen-bond donors (Lipinski definition) is 2. The van der Waals surface area contributed by atoms with Gasteiger partial charge in [-0.25, -0.2) is 12.8 Å². The quantitative estimate of drug-likeness (QED) is 0.243. The van der Waals surface area contributed by atoms with Crippen molar-refractivity contribution in [1.29, 1.82) is 0 Å². The van der Waals surface area contributed by atoms with Crippen LogP contribution in [0, 0.1) is 5.82 Å². The van der Waals surface area contributed by atoms with Crippen molar-refractivity contribution in [3.05, 3.63) is 113 Å². The smallest absolute Gasteiger partial charge is 0.307 e. The van der Waals surface area contributed by atoms with E-state index in [1.54, 1.807) is 60.7 Å². The summed E-state index contributed by atoms with van der Waals surface area (Å²) in [6.07, 6.45) is 0.114. The molecule has 4 aromatic rings. The molecule has 0 unspecified atom stereocenters. The van der Waals surface area contributed by atoms with E-state index in [1.807, 2.05) is 0 Å². The molecule has 0 aromatic heterocycles. The second-order valence-corrected chi connectivity index (χ2v) is 11.9. The summed E-state index contributed by atoms with van der Waals surface area (Å²) in [7, 11) is -4.14. The lowest BCUT2D eigenvalue weighted by Gasteiger charge is -2.26. The fraction of sp³-hybridized carbons (Fsp3) is 0.161. The molecule has 2 N–H and O–H groups in total. The maximum Gasteiger partial charge on any atom is 0.307 e. The van der Waals surface area contributed by atoms with Crippen LogP contribution in [0.25, 0.3) is 11.1 Å². The van der Waals surface area contributed by atoms with Crippen molar-refractivity contribution < 1.29 is 32.2 Å². The van der Waals surface area contributed by atoms with Crippen LogP contribution >= 0.6 is 11.6 Å². The summed E-state index contributed by atoms with van der Waals surface area (Å²) in [6, 6.07) is 22.6. The molecule has 0 saturated heterocycles. The van der Waals surface area contributed by atoms with E-state index >= 15 is 0 Å². The molecule has 1 amide bonds. The first-order valence-corrected chi connectivity index (χ1v) is 14.8. The lowest BCUT2D eigenvalue weighted by Crippen LogP contribution is -2.48. The first-order chi connectivity index (χ1) is 20.1. The van der Waals surface area contributed by atoms with Crippen molar-refractivity contribution in [2.75, 3.05) is 17.5 Å². The maximum atomic E-state index is 13.9. The minimum absolute atomic E-state index is 0.00587. The van der Waals surface area contributed by atoms with Gasteiger partial charge in [-0.05, 0) is 65.2 Å². The van der Waals surface area contributed by atoms with Gasteiger partial charge in [-0.1, -0.05) is 54.1 Å². The summed E-state index contributed by atoms with van der Waals surface area (Å²) < 4.78 is 48.1. The Morgan fingerprint density at radius 1 is 1.00 bits per heavy atom. The van der Waals surface area contributed by atoms with Crippen LogP contribution in [0.3, 0.4) is 0 Å². The zero-order valence-electron chi connectivity index (χ0n) is 22.2. The van der Waals surface area contributed by atoms with Crippen LogP contribution in [0.15, 0.2) is 95.9 Å². The van der Waals surface area contributed by atoms with E-state index in [2.05, 4.69) is 5.32 Å². The Morgan fingerprint density at radius 3 is 2.40 bits per heavy atom. The highest BCUT2D eigenvalue weighted by atomic mass is 35.5. The van der Waals surface area contributed by atoms with Gasteiger partial charge in [-0.3, -0.25) is 13.9 Å². The number of carbonyl (C=O) groups is 2. The SMILES string of the molecule is O=C(O)Cc1ccc(OCCNC(=O)[C@@H]2Cc3ccccc3N2S(=O)(=O)c2ccc(-c3ccc(F)cc3Cl)cc2)cc1. The summed E-state index contributed by atoms with van der Waals surface area (Å²) in [5.74, 6) is -1.35. The van der Waals surface area contributed by atoms with Crippen LogP contribution in [0.4, 0.5) is 10.1 Å². The number of aliphatic carboxylic acids is 1. The van der Waals surface area contributed by atoms with Gasteiger partial charge in [0.25, 0.3) is 10.0 Å². The summed E-state index contributed by atoms with van der Waals surface area (Å²) in [4.78, 5) is 24.1. The highest BCUT2D eigenvalue weighted by molar-refractivity contribution is 7.93. The van der Waals surface area contributed by atoms with E-state index in [1.165, 1.54) is 30.3 Å². The van der Waals surface area contributed by atoms with Crippen LogP contribution in [-0.4, -0.2) is 44.6 Å². The van der Waals surface area contributed by atoms with Crippen LogP contribution < -0.4 is 14.4 Å². The number of hydrogen-bond acceptors (Lipinski definition) is 5. The van der Waals surface area contributed by atoms with Gasteiger partial charge in [0.15, 0.2) is 0 Å². The molecule has 216 valence electrons. The molecule has 0 radical (unpaired) electrons. The molecule has 1 aliphatic rings. The van der Waals surface area contributed by atoms with Gasteiger partial charge in [0.1, 0.15) is 24.2 Å². The van der Waals surface area contributed by atoms with E-state index in [-0.39, 0.29) is 35.9 Å². The van der Waals surface area contributed by atoms with E-state index in [9.17, 15) is 22.4 Å². The van der Waals surface area contributed by atoms with Crippen molar-refractivity contribution in [1.82, 2.24) is 5.32 Å². The minimum Gasteiger partial charge on any atom is -0.492 e. The number of nitrogens with one attached hydrogen (secondary N) is 1. The molecule has 1 aliphatic heterocycles. The topological polar surface area (TPSA) is 113 Å². The Hall–Kier alpha value is -4.41. The first-order valence-electron chi connectivity index (χ1n) is 13.0. The van der Waals surface area contributed by atoms with Gasteiger partial charge in [0.05, 0.1) is 28.6 Å². The molecule has 0 fully saturated rings. The number of nitrogens with zero attached hydrogens (tertiary/aromatic N) is 1. The summed E-state index contributed by atoms with van der Waals surface area (Å²) in [6.45, 7) is 0.257. The Morgan fingerprint density at radius 2 is 1.71 bits per heavy atom. The molecule has 4 aromatic carbocycles. The zero-order chi connectivity index (χ0) is 29.9. The summed E-state index contributed by atoms with van der Waals surface area (Å²) in [5.41, 5.74) is 2.98. The number of benzene rings is 4. The normalized spacial score (nSPS) is 14.3. The Kier molecular flexibility index (Phi) is 8.46. The number of anilines is 1. The minimum atomic E-state index is -4.14. The van der Waals surface area contributed by atoms with Gasteiger partial charge in [0, 0.05) is 12.0 Å². The molecule has 0 spiro atoms. The third-order valence-corrected chi connectivity index (χ3v) is 8.98. The van der Waals surface area contributed by atoms with E-state index in [4.69, 9.17) is 21.4 Å². The van der Waals surface area contributed by atoms with Crippen LogP contribution in [0.5, 0.6) is 5.75 Å². The lowest BCUT2D eigenvalue weighted by atomic mass is 10.1. The number of carboxylic acids is 1. The monoisotopic (exact) mass is 608 g/mol. The van der Waals surface area contributed by atoms with E-state index in [0.717, 1.165) is 9.87 Å². The predicted octanol–water partition coefficient (Wildman–Crippen LogP) is 5.09. The number of halogens is 2. The molecular weight excluding hydrogens is 583 g/mol. The Bertz CT molecular complexity index is 1730. The number of rotatable bonds is 10.